The molecule has 4 nitrogen and oxygen atoms in total. The highest BCUT2D eigenvalue weighted by Crippen LogP contribution is 2.43. The van der Waals surface area contributed by atoms with Crippen molar-refractivity contribution in [1.29, 1.82) is 0 Å². The lowest BCUT2D eigenvalue weighted by Gasteiger charge is -2.14. The number of aromatic nitrogens is 4. The Labute approximate surface area is 241 Å². The van der Waals surface area contributed by atoms with E-state index in [1.807, 2.05) is 18.3 Å². The van der Waals surface area contributed by atoms with Gasteiger partial charge in [0.15, 0.2) is 0 Å². The van der Waals surface area contributed by atoms with Gasteiger partial charge in [0.25, 0.3) is 0 Å². The van der Waals surface area contributed by atoms with E-state index < -0.39 is 0 Å². The molecular weight excluding hydrogens is 512 g/mol. The number of hydrogen-bond donors (Lipinski definition) is 0. The molecule has 4 aromatic heterocycles. The van der Waals surface area contributed by atoms with Crippen LogP contribution in [0.2, 0.25) is 0 Å². The first kappa shape index (κ1) is 23.0. The molecule has 9 aromatic rings. The minimum Gasteiger partial charge on any atom is -0.294 e. The molecule has 0 aliphatic carbocycles. The summed E-state index contributed by atoms with van der Waals surface area (Å²) in [7, 11) is 0. The van der Waals surface area contributed by atoms with Gasteiger partial charge < -0.3 is 0 Å². The van der Waals surface area contributed by atoms with E-state index in [1.54, 1.807) is 0 Å². The summed E-state index contributed by atoms with van der Waals surface area (Å²) in [5.74, 6) is 1.83. The quantitative estimate of drug-likeness (QED) is 0.211. The van der Waals surface area contributed by atoms with Crippen LogP contribution in [0.3, 0.4) is 0 Å². The van der Waals surface area contributed by atoms with Crippen LogP contribution in [-0.4, -0.2) is 18.9 Å². The van der Waals surface area contributed by atoms with Crippen LogP contribution >= 0.6 is 0 Å². The Morgan fingerprint density at radius 1 is 0.452 bits per heavy atom. The molecular formula is C38H24N4. The number of pyridine rings is 2. The van der Waals surface area contributed by atoms with Gasteiger partial charge in [0, 0.05) is 38.9 Å². The van der Waals surface area contributed by atoms with Crippen molar-refractivity contribution in [2.24, 2.45) is 0 Å². The van der Waals surface area contributed by atoms with Crippen LogP contribution in [0.15, 0.2) is 146 Å². The number of rotatable bonds is 3. The lowest BCUT2D eigenvalue weighted by Crippen LogP contribution is -1.98. The average molecular weight is 537 g/mol. The van der Waals surface area contributed by atoms with Crippen LogP contribution in [0.25, 0.3) is 77.5 Å². The number of benzene rings is 5. The molecule has 0 bridgehead atoms. The van der Waals surface area contributed by atoms with Crippen molar-refractivity contribution < 1.29 is 0 Å². The first-order chi connectivity index (χ1) is 20.9. The molecule has 0 saturated heterocycles. The SMILES string of the molecule is c1ccc(-c2nc(-c3ccccc3)n3c2c2ccccc2c2ccc4c(c5ccccc5n4-c4ccccn4)c23)cc1. The lowest BCUT2D eigenvalue weighted by atomic mass is 9.99. The highest BCUT2D eigenvalue weighted by Gasteiger charge is 2.24. The molecule has 4 heterocycles. The molecule has 0 fully saturated rings. The molecule has 0 unspecified atom stereocenters. The third-order valence-electron chi connectivity index (χ3n) is 8.34. The third-order valence-corrected chi connectivity index (χ3v) is 8.34. The predicted molar refractivity (Wildman–Crippen MR) is 173 cm³/mol. The fourth-order valence-corrected chi connectivity index (χ4v) is 6.61. The maximum Gasteiger partial charge on any atom is 0.145 e. The standard InChI is InChI=1S/C38H24N4/c1-3-13-25(14-4-1)35-37-28-18-8-7-17-27(28)29-22-23-32-34(36(29)42(37)38(40-35)26-15-5-2-6-16-26)30-19-9-10-20-31(30)41(32)33-21-11-12-24-39-33/h1-24H. The first-order valence-corrected chi connectivity index (χ1v) is 14.2. The second kappa shape index (κ2) is 8.88. The van der Waals surface area contributed by atoms with Crippen molar-refractivity contribution >= 4 is 49.0 Å². The maximum absolute atomic E-state index is 5.43. The fraction of sp³-hybridized carbons (Fsp3) is 0. The highest BCUT2D eigenvalue weighted by molar-refractivity contribution is 6.27. The van der Waals surface area contributed by atoms with Gasteiger partial charge in [-0.3, -0.25) is 8.97 Å². The number of para-hydroxylation sites is 1. The maximum atomic E-state index is 5.43. The summed E-state index contributed by atoms with van der Waals surface area (Å²) in [6.45, 7) is 0. The van der Waals surface area contributed by atoms with E-state index >= 15 is 0 Å². The van der Waals surface area contributed by atoms with E-state index in [-0.39, 0.29) is 0 Å². The molecule has 0 amide bonds. The van der Waals surface area contributed by atoms with Crippen molar-refractivity contribution in [2.45, 2.75) is 0 Å². The molecule has 5 aromatic carbocycles. The van der Waals surface area contributed by atoms with Gasteiger partial charge in [-0.2, -0.15) is 0 Å². The van der Waals surface area contributed by atoms with E-state index in [1.165, 1.54) is 26.9 Å². The third kappa shape index (κ3) is 3.17. The van der Waals surface area contributed by atoms with Gasteiger partial charge in [-0.25, -0.2) is 9.97 Å². The van der Waals surface area contributed by atoms with E-state index in [9.17, 15) is 0 Å². The summed E-state index contributed by atoms with van der Waals surface area (Å²) < 4.78 is 4.69. The first-order valence-electron chi connectivity index (χ1n) is 14.2. The van der Waals surface area contributed by atoms with Crippen LogP contribution in [0.4, 0.5) is 0 Å². The summed E-state index contributed by atoms with van der Waals surface area (Å²) in [6, 6.07) is 49.1. The minimum absolute atomic E-state index is 0.902. The van der Waals surface area contributed by atoms with Gasteiger partial charge in [-0.1, -0.05) is 115 Å². The Balaban J connectivity index is 1.60. The van der Waals surface area contributed by atoms with Crippen molar-refractivity contribution in [3.8, 4) is 28.5 Å². The summed E-state index contributed by atoms with van der Waals surface area (Å²) in [4.78, 5) is 10.2. The number of hydrogen-bond acceptors (Lipinski definition) is 2. The molecule has 0 atom stereocenters. The molecule has 0 saturated carbocycles. The monoisotopic (exact) mass is 536 g/mol. The number of fused-ring (bicyclic) bond motifs is 10. The Morgan fingerprint density at radius 3 is 1.86 bits per heavy atom. The van der Waals surface area contributed by atoms with Crippen molar-refractivity contribution in [1.82, 2.24) is 18.9 Å². The van der Waals surface area contributed by atoms with Crippen LogP contribution in [0.1, 0.15) is 0 Å². The molecule has 0 aliphatic heterocycles. The van der Waals surface area contributed by atoms with Gasteiger partial charge in [0.2, 0.25) is 0 Å². The van der Waals surface area contributed by atoms with Gasteiger partial charge in [0.05, 0.1) is 27.8 Å². The molecule has 196 valence electrons. The van der Waals surface area contributed by atoms with Crippen LogP contribution in [-0.2, 0) is 0 Å². The smallest absolute Gasteiger partial charge is 0.145 e. The highest BCUT2D eigenvalue weighted by atomic mass is 15.1. The molecule has 42 heavy (non-hydrogen) atoms. The normalized spacial score (nSPS) is 11.8. The summed E-state index contributed by atoms with van der Waals surface area (Å²) in [5.41, 5.74) is 7.68. The van der Waals surface area contributed by atoms with Crippen LogP contribution in [0.5, 0.6) is 0 Å². The fourth-order valence-electron chi connectivity index (χ4n) is 6.61. The minimum atomic E-state index is 0.902. The number of imidazole rings is 1. The van der Waals surface area contributed by atoms with E-state index in [2.05, 4.69) is 136 Å². The summed E-state index contributed by atoms with van der Waals surface area (Å²) in [5, 5.41) is 5.98. The predicted octanol–water partition coefficient (Wildman–Crippen LogP) is 9.47. The van der Waals surface area contributed by atoms with Crippen LogP contribution < -0.4 is 0 Å². The second-order valence-electron chi connectivity index (χ2n) is 10.6. The molecule has 9 rings (SSSR count). The van der Waals surface area contributed by atoms with E-state index in [0.29, 0.717) is 0 Å². The zero-order valence-corrected chi connectivity index (χ0v) is 22.6. The van der Waals surface area contributed by atoms with Crippen molar-refractivity contribution in [3.63, 3.8) is 0 Å². The molecule has 0 aliphatic rings. The number of nitrogens with zero attached hydrogens (tertiary/aromatic N) is 4. The second-order valence-corrected chi connectivity index (χ2v) is 10.6. The van der Waals surface area contributed by atoms with Gasteiger partial charge in [-0.05, 0) is 29.7 Å². The molecule has 0 spiro atoms. The van der Waals surface area contributed by atoms with Gasteiger partial charge in [0.1, 0.15) is 11.6 Å². The Kier molecular flexibility index (Phi) is 4.87. The van der Waals surface area contributed by atoms with Crippen molar-refractivity contribution in [3.05, 3.63) is 146 Å². The molecule has 0 radical (unpaired) electrons. The Hall–Kier alpha value is -5.74. The zero-order chi connectivity index (χ0) is 27.6. The average Bonchev–Trinajstić information content (AvgIpc) is 3.63. The molecule has 0 N–H and O–H groups in total. The topological polar surface area (TPSA) is 35.1 Å². The van der Waals surface area contributed by atoms with Crippen LogP contribution in [0, 0.1) is 0 Å². The van der Waals surface area contributed by atoms with E-state index in [4.69, 9.17) is 9.97 Å². The van der Waals surface area contributed by atoms with Gasteiger partial charge in [-0.15, -0.1) is 0 Å². The van der Waals surface area contributed by atoms with E-state index in [0.717, 1.165) is 50.5 Å². The Bertz CT molecular complexity index is 2440. The summed E-state index contributed by atoms with van der Waals surface area (Å²) >= 11 is 0. The summed E-state index contributed by atoms with van der Waals surface area (Å²) in [6.07, 6.45) is 1.86. The Morgan fingerprint density at radius 2 is 1.10 bits per heavy atom. The zero-order valence-electron chi connectivity index (χ0n) is 22.6. The van der Waals surface area contributed by atoms with Crippen molar-refractivity contribution in [2.75, 3.05) is 0 Å². The largest absolute Gasteiger partial charge is 0.294 e. The molecule has 4 heteroatoms. The van der Waals surface area contributed by atoms with Gasteiger partial charge >= 0.3 is 0 Å². The lowest BCUT2D eigenvalue weighted by molar-refractivity contribution is 1.08.